The number of hydrogen-bond donors (Lipinski definition) is 0. The van der Waals surface area contributed by atoms with E-state index in [1.165, 1.54) is 50.2 Å². The molecule has 0 amide bonds. The number of benzene rings is 3. The molecule has 0 heterocycles. The van der Waals surface area contributed by atoms with Gasteiger partial charge < -0.3 is 0 Å². The summed E-state index contributed by atoms with van der Waals surface area (Å²) in [6.45, 7) is 8.63. The van der Waals surface area contributed by atoms with Crippen LogP contribution in [-0.2, 0) is 0 Å². The molecule has 3 aromatic rings. The topological polar surface area (TPSA) is 12.4 Å². The van der Waals surface area contributed by atoms with E-state index < -0.39 is 0 Å². The molecule has 0 aliphatic heterocycles. The van der Waals surface area contributed by atoms with Gasteiger partial charge in [-0.25, -0.2) is 0 Å². The largest absolute Gasteiger partial charge is 0.257 e. The van der Waals surface area contributed by atoms with Crippen LogP contribution in [0.2, 0.25) is 0 Å². The van der Waals surface area contributed by atoms with Crippen LogP contribution in [0, 0.1) is 13.8 Å². The van der Waals surface area contributed by atoms with Gasteiger partial charge in [0.05, 0.1) is 0 Å². The molecular weight excluding hydrogens is 362 g/mol. The standard InChI is InChI=1S/C29H29N/c1-20-10-9-12-24(18-20)25-17-16-21(2)28(19-25)27-14-7-6-13-26(27)23(4)30-29-15-8-5-11-22(29)3/h5-7,9-14,16-19H,8,15H2,1-4H3/b30-23+. The Balaban J connectivity index is 1.81. The molecule has 0 bridgehead atoms. The minimum absolute atomic E-state index is 1.02. The summed E-state index contributed by atoms with van der Waals surface area (Å²) in [6.07, 6.45) is 6.52. The molecule has 0 saturated heterocycles. The van der Waals surface area contributed by atoms with E-state index in [-0.39, 0.29) is 0 Å². The Morgan fingerprint density at radius 1 is 0.800 bits per heavy atom. The highest BCUT2D eigenvalue weighted by Gasteiger charge is 2.12. The molecule has 0 N–H and O–H groups in total. The van der Waals surface area contributed by atoms with Gasteiger partial charge in [0.25, 0.3) is 0 Å². The molecule has 150 valence electrons. The van der Waals surface area contributed by atoms with Crippen LogP contribution in [0.3, 0.4) is 0 Å². The molecule has 1 heteroatoms. The molecule has 30 heavy (non-hydrogen) atoms. The second-order valence-corrected chi connectivity index (χ2v) is 8.21. The summed E-state index contributed by atoms with van der Waals surface area (Å²) in [5, 5.41) is 0. The Hall–Kier alpha value is -3.19. The summed E-state index contributed by atoms with van der Waals surface area (Å²) in [5.74, 6) is 0. The first-order valence-corrected chi connectivity index (χ1v) is 10.7. The molecule has 0 unspecified atom stereocenters. The molecule has 0 radical (unpaired) electrons. The van der Waals surface area contributed by atoms with Gasteiger partial charge in [0.1, 0.15) is 0 Å². The summed E-state index contributed by atoms with van der Waals surface area (Å²) < 4.78 is 0. The van der Waals surface area contributed by atoms with Gasteiger partial charge in [-0.1, -0.05) is 78.4 Å². The molecule has 1 aliphatic carbocycles. The molecule has 0 fully saturated rings. The number of aryl methyl sites for hydroxylation is 2. The van der Waals surface area contributed by atoms with Crippen molar-refractivity contribution in [1.29, 1.82) is 0 Å². The fourth-order valence-electron chi connectivity index (χ4n) is 4.13. The first kappa shape index (κ1) is 20.1. The predicted octanol–water partition coefficient (Wildman–Crippen LogP) is 8.07. The summed E-state index contributed by atoms with van der Waals surface area (Å²) in [7, 11) is 0. The minimum Gasteiger partial charge on any atom is -0.257 e. The van der Waals surface area contributed by atoms with E-state index in [0.29, 0.717) is 0 Å². The van der Waals surface area contributed by atoms with Crippen molar-refractivity contribution in [2.24, 2.45) is 4.99 Å². The number of nitrogens with zero attached hydrogens (tertiary/aromatic N) is 1. The van der Waals surface area contributed by atoms with Crippen molar-refractivity contribution in [3.05, 3.63) is 107 Å². The summed E-state index contributed by atoms with van der Waals surface area (Å²) in [5.41, 5.74) is 12.3. The second-order valence-electron chi connectivity index (χ2n) is 8.21. The van der Waals surface area contributed by atoms with Crippen molar-refractivity contribution < 1.29 is 0 Å². The molecular formula is C29H29N. The van der Waals surface area contributed by atoms with E-state index in [0.717, 1.165) is 18.6 Å². The van der Waals surface area contributed by atoms with Gasteiger partial charge in [-0.2, -0.15) is 0 Å². The van der Waals surface area contributed by atoms with Gasteiger partial charge in [0, 0.05) is 17.0 Å². The fourth-order valence-corrected chi connectivity index (χ4v) is 4.13. The number of allylic oxidation sites excluding steroid dienone is 4. The third kappa shape index (κ3) is 4.21. The quantitative estimate of drug-likeness (QED) is 0.399. The van der Waals surface area contributed by atoms with E-state index in [1.807, 2.05) is 0 Å². The Labute approximate surface area is 180 Å². The Morgan fingerprint density at radius 2 is 1.60 bits per heavy atom. The van der Waals surface area contributed by atoms with Crippen LogP contribution in [0.4, 0.5) is 0 Å². The maximum Gasteiger partial charge on any atom is 0.0454 e. The molecule has 0 aromatic heterocycles. The lowest BCUT2D eigenvalue weighted by atomic mass is 9.91. The average Bonchev–Trinajstić information content (AvgIpc) is 2.76. The Bertz CT molecular complexity index is 1170. The summed E-state index contributed by atoms with van der Waals surface area (Å²) in [4.78, 5) is 5.04. The SMILES string of the molecule is CC1=C(/N=C(\C)c2ccccc2-c2cc(-c3cccc(C)c3)ccc2C)CCC=C1. The van der Waals surface area contributed by atoms with Crippen LogP contribution in [0.1, 0.15) is 43.4 Å². The van der Waals surface area contributed by atoms with Crippen molar-refractivity contribution in [2.45, 2.75) is 40.5 Å². The predicted molar refractivity (Wildman–Crippen MR) is 130 cm³/mol. The van der Waals surface area contributed by atoms with Crippen LogP contribution < -0.4 is 0 Å². The fraction of sp³-hybridized carbons (Fsp3) is 0.207. The molecule has 1 aliphatic rings. The van der Waals surface area contributed by atoms with Crippen molar-refractivity contribution in [2.75, 3.05) is 0 Å². The van der Waals surface area contributed by atoms with Gasteiger partial charge in [-0.05, 0) is 80.0 Å². The molecule has 0 atom stereocenters. The second kappa shape index (κ2) is 8.67. The zero-order chi connectivity index (χ0) is 21.1. The van der Waals surface area contributed by atoms with Gasteiger partial charge in [0.2, 0.25) is 0 Å². The molecule has 1 nitrogen and oxygen atoms in total. The Morgan fingerprint density at radius 3 is 2.40 bits per heavy atom. The van der Waals surface area contributed by atoms with Crippen molar-refractivity contribution >= 4 is 5.71 Å². The summed E-state index contributed by atoms with van der Waals surface area (Å²) >= 11 is 0. The van der Waals surface area contributed by atoms with Crippen molar-refractivity contribution in [3.8, 4) is 22.3 Å². The van der Waals surface area contributed by atoms with Crippen LogP contribution >= 0.6 is 0 Å². The van der Waals surface area contributed by atoms with Crippen molar-refractivity contribution in [3.63, 3.8) is 0 Å². The number of rotatable bonds is 4. The smallest absolute Gasteiger partial charge is 0.0454 e. The van der Waals surface area contributed by atoms with Crippen LogP contribution in [0.15, 0.2) is 95.1 Å². The van der Waals surface area contributed by atoms with Crippen LogP contribution in [0.25, 0.3) is 22.3 Å². The highest BCUT2D eigenvalue weighted by molar-refractivity contribution is 6.05. The first-order valence-electron chi connectivity index (χ1n) is 10.7. The average molecular weight is 392 g/mol. The summed E-state index contributed by atoms with van der Waals surface area (Å²) in [6, 6.07) is 24.1. The molecule has 0 spiro atoms. The molecule has 0 saturated carbocycles. The van der Waals surface area contributed by atoms with E-state index in [1.54, 1.807) is 0 Å². The van der Waals surface area contributed by atoms with Crippen molar-refractivity contribution in [1.82, 2.24) is 0 Å². The molecule has 3 aromatic carbocycles. The first-order chi connectivity index (χ1) is 14.5. The highest BCUT2D eigenvalue weighted by atomic mass is 14.8. The monoisotopic (exact) mass is 391 g/mol. The van der Waals surface area contributed by atoms with Gasteiger partial charge in [-0.3, -0.25) is 4.99 Å². The maximum atomic E-state index is 5.04. The third-order valence-electron chi connectivity index (χ3n) is 5.87. The minimum atomic E-state index is 1.02. The maximum absolute atomic E-state index is 5.04. The van der Waals surface area contributed by atoms with Crippen LogP contribution in [-0.4, -0.2) is 5.71 Å². The van der Waals surface area contributed by atoms with E-state index in [2.05, 4.69) is 107 Å². The highest BCUT2D eigenvalue weighted by Crippen LogP contribution is 2.32. The zero-order valence-electron chi connectivity index (χ0n) is 18.4. The lowest BCUT2D eigenvalue weighted by Crippen LogP contribution is -2.01. The zero-order valence-corrected chi connectivity index (χ0v) is 18.4. The van der Waals surface area contributed by atoms with Gasteiger partial charge in [-0.15, -0.1) is 0 Å². The number of hydrogen-bond acceptors (Lipinski definition) is 1. The lowest BCUT2D eigenvalue weighted by Gasteiger charge is -2.15. The number of aliphatic imine (C=N–C) groups is 1. The van der Waals surface area contributed by atoms with Gasteiger partial charge in [0.15, 0.2) is 0 Å². The lowest BCUT2D eigenvalue weighted by molar-refractivity contribution is 0.921. The van der Waals surface area contributed by atoms with E-state index in [4.69, 9.17) is 4.99 Å². The van der Waals surface area contributed by atoms with E-state index >= 15 is 0 Å². The van der Waals surface area contributed by atoms with E-state index in [9.17, 15) is 0 Å². The normalized spacial score (nSPS) is 14.3. The molecule has 4 rings (SSSR count). The van der Waals surface area contributed by atoms with Gasteiger partial charge >= 0.3 is 0 Å². The van der Waals surface area contributed by atoms with Crippen LogP contribution in [0.5, 0.6) is 0 Å². The third-order valence-corrected chi connectivity index (χ3v) is 5.87. The Kier molecular flexibility index (Phi) is 5.81.